The van der Waals surface area contributed by atoms with E-state index >= 15 is 0 Å². The van der Waals surface area contributed by atoms with E-state index in [1.54, 1.807) is 0 Å². The third-order valence-electron chi connectivity index (χ3n) is 2.76. The standard InChI is InChI=1S/C14H16F5NO2/c1-2-11(13(15)16)20-12(21)7-9-4-3-5-10(6-9)22-8-14(17,18)19/h3-6,11,13H,2,7-8H2,1H3,(H,20,21)/t11-/m0/s1. The second-order valence-corrected chi connectivity index (χ2v) is 4.64. The van der Waals surface area contributed by atoms with Gasteiger partial charge in [0, 0.05) is 0 Å². The molecule has 0 radical (unpaired) electrons. The summed E-state index contributed by atoms with van der Waals surface area (Å²) >= 11 is 0. The van der Waals surface area contributed by atoms with Crippen molar-refractivity contribution in [2.45, 2.75) is 38.4 Å². The highest BCUT2D eigenvalue weighted by Gasteiger charge is 2.28. The number of hydrogen-bond donors (Lipinski definition) is 1. The highest BCUT2D eigenvalue weighted by Crippen LogP contribution is 2.19. The van der Waals surface area contributed by atoms with E-state index in [4.69, 9.17) is 0 Å². The summed E-state index contributed by atoms with van der Waals surface area (Å²) in [6.07, 6.45) is -7.26. The van der Waals surface area contributed by atoms with Gasteiger partial charge in [-0.15, -0.1) is 0 Å². The molecule has 0 heterocycles. The van der Waals surface area contributed by atoms with Gasteiger partial charge in [-0.3, -0.25) is 4.79 Å². The zero-order chi connectivity index (χ0) is 16.8. The van der Waals surface area contributed by atoms with Crippen molar-refractivity contribution in [2.75, 3.05) is 6.61 Å². The van der Waals surface area contributed by atoms with Crippen molar-refractivity contribution in [1.82, 2.24) is 5.32 Å². The average molecular weight is 325 g/mol. The minimum Gasteiger partial charge on any atom is -0.484 e. The number of halogens is 5. The van der Waals surface area contributed by atoms with Crippen LogP contribution in [0.4, 0.5) is 22.0 Å². The van der Waals surface area contributed by atoms with Crippen molar-refractivity contribution < 1.29 is 31.5 Å². The van der Waals surface area contributed by atoms with Gasteiger partial charge < -0.3 is 10.1 Å². The second-order valence-electron chi connectivity index (χ2n) is 4.64. The van der Waals surface area contributed by atoms with Crippen LogP contribution in [0.3, 0.4) is 0 Å². The van der Waals surface area contributed by atoms with Gasteiger partial charge in [-0.2, -0.15) is 13.2 Å². The Bertz CT molecular complexity index is 490. The molecule has 22 heavy (non-hydrogen) atoms. The summed E-state index contributed by atoms with van der Waals surface area (Å²) in [5.41, 5.74) is 0.376. The molecule has 1 rings (SSSR count). The van der Waals surface area contributed by atoms with Crippen LogP contribution in [-0.2, 0) is 11.2 Å². The minimum absolute atomic E-state index is 0.0384. The molecule has 0 aromatic heterocycles. The third kappa shape index (κ3) is 6.73. The Morgan fingerprint density at radius 3 is 2.55 bits per heavy atom. The molecule has 124 valence electrons. The van der Waals surface area contributed by atoms with Gasteiger partial charge in [0.15, 0.2) is 6.61 Å². The van der Waals surface area contributed by atoms with Crippen LogP contribution in [0, 0.1) is 0 Å². The molecule has 1 atom stereocenters. The molecule has 3 nitrogen and oxygen atoms in total. The minimum atomic E-state index is -4.46. The fourth-order valence-corrected chi connectivity index (χ4v) is 1.70. The second kappa shape index (κ2) is 7.95. The summed E-state index contributed by atoms with van der Waals surface area (Å²) in [5, 5.41) is 2.18. The maximum Gasteiger partial charge on any atom is 0.422 e. The normalized spacial score (nSPS) is 13.0. The molecule has 0 aliphatic rings. The molecule has 0 unspecified atom stereocenters. The summed E-state index contributed by atoms with van der Waals surface area (Å²) < 4.78 is 65.8. The molecule has 0 aliphatic carbocycles. The lowest BCUT2D eigenvalue weighted by Gasteiger charge is -2.16. The van der Waals surface area contributed by atoms with E-state index in [9.17, 15) is 26.7 Å². The van der Waals surface area contributed by atoms with Crippen LogP contribution in [0.2, 0.25) is 0 Å². The first-order chi connectivity index (χ1) is 10.2. The Labute approximate surface area is 124 Å². The molecular formula is C14H16F5NO2. The van der Waals surface area contributed by atoms with E-state index in [1.165, 1.54) is 31.2 Å². The van der Waals surface area contributed by atoms with Gasteiger partial charge in [-0.05, 0) is 24.1 Å². The first kappa shape index (κ1) is 18.2. The quantitative estimate of drug-likeness (QED) is 0.781. The van der Waals surface area contributed by atoms with Crippen LogP contribution in [-0.4, -0.2) is 31.2 Å². The number of hydrogen-bond acceptors (Lipinski definition) is 2. The van der Waals surface area contributed by atoms with E-state index in [2.05, 4.69) is 10.1 Å². The lowest BCUT2D eigenvalue weighted by Crippen LogP contribution is -2.40. The number of amides is 1. The average Bonchev–Trinajstić information content (AvgIpc) is 2.42. The number of alkyl halides is 5. The van der Waals surface area contributed by atoms with Crippen molar-refractivity contribution in [2.24, 2.45) is 0 Å². The number of carbonyl (C=O) groups excluding carboxylic acids is 1. The molecule has 0 spiro atoms. The van der Waals surface area contributed by atoms with Gasteiger partial charge in [0.25, 0.3) is 6.43 Å². The van der Waals surface area contributed by atoms with E-state index in [0.29, 0.717) is 5.56 Å². The molecule has 0 aliphatic heterocycles. The van der Waals surface area contributed by atoms with Crippen molar-refractivity contribution in [3.8, 4) is 5.75 Å². The van der Waals surface area contributed by atoms with E-state index < -0.39 is 31.2 Å². The van der Waals surface area contributed by atoms with Gasteiger partial charge in [0.05, 0.1) is 12.5 Å². The molecule has 0 fully saturated rings. The summed E-state index contributed by atoms with van der Waals surface area (Å²) in [7, 11) is 0. The lowest BCUT2D eigenvalue weighted by atomic mass is 10.1. The fourth-order valence-electron chi connectivity index (χ4n) is 1.70. The lowest BCUT2D eigenvalue weighted by molar-refractivity contribution is -0.153. The molecule has 8 heteroatoms. The van der Waals surface area contributed by atoms with Gasteiger partial charge in [0.1, 0.15) is 5.75 Å². The monoisotopic (exact) mass is 325 g/mol. The number of ether oxygens (including phenoxy) is 1. The SMILES string of the molecule is CC[C@H](NC(=O)Cc1cccc(OCC(F)(F)F)c1)C(F)F. The van der Waals surface area contributed by atoms with Crippen LogP contribution in [0.15, 0.2) is 24.3 Å². The van der Waals surface area contributed by atoms with Crippen molar-refractivity contribution in [3.63, 3.8) is 0 Å². The molecule has 1 aromatic carbocycles. The predicted molar refractivity (Wildman–Crippen MR) is 69.9 cm³/mol. The highest BCUT2D eigenvalue weighted by atomic mass is 19.4. The molecule has 1 amide bonds. The van der Waals surface area contributed by atoms with Gasteiger partial charge >= 0.3 is 6.18 Å². The largest absolute Gasteiger partial charge is 0.484 e. The van der Waals surface area contributed by atoms with Crippen molar-refractivity contribution in [3.05, 3.63) is 29.8 Å². The number of carbonyl (C=O) groups is 1. The summed E-state index contributed by atoms with van der Waals surface area (Å²) in [6, 6.07) is 4.29. The summed E-state index contributed by atoms with van der Waals surface area (Å²) in [4.78, 5) is 11.6. The highest BCUT2D eigenvalue weighted by molar-refractivity contribution is 5.79. The van der Waals surface area contributed by atoms with Crippen molar-refractivity contribution in [1.29, 1.82) is 0 Å². The van der Waals surface area contributed by atoms with Gasteiger partial charge in [0.2, 0.25) is 5.91 Å². The molecule has 1 aromatic rings. The Kier molecular flexibility index (Phi) is 6.58. The Hall–Kier alpha value is -1.86. The zero-order valence-corrected chi connectivity index (χ0v) is 11.8. The summed E-state index contributed by atoms with van der Waals surface area (Å²) in [5.74, 6) is -0.663. The maximum absolute atomic E-state index is 12.5. The number of benzene rings is 1. The Balaban J connectivity index is 2.60. The van der Waals surface area contributed by atoms with Crippen LogP contribution in [0.5, 0.6) is 5.75 Å². The summed E-state index contributed by atoms with van der Waals surface area (Å²) in [6.45, 7) is 0.0780. The number of nitrogens with one attached hydrogen (secondary N) is 1. The van der Waals surface area contributed by atoms with Crippen LogP contribution >= 0.6 is 0 Å². The topological polar surface area (TPSA) is 38.3 Å². The molecule has 0 saturated carbocycles. The Morgan fingerprint density at radius 1 is 1.32 bits per heavy atom. The maximum atomic E-state index is 12.5. The first-order valence-corrected chi connectivity index (χ1v) is 6.57. The van der Waals surface area contributed by atoms with Crippen molar-refractivity contribution >= 4 is 5.91 Å². The van der Waals surface area contributed by atoms with E-state index in [-0.39, 0.29) is 18.6 Å². The number of rotatable bonds is 7. The molecule has 0 bridgehead atoms. The first-order valence-electron chi connectivity index (χ1n) is 6.57. The van der Waals surface area contributed by atoms with Crippen LogP contribution < -0.4 is 10.1 Å². The van der Waals surface area contributed by atoms with E-state index in [0.717, 1.165) is 0 Å². The molecular weight excluding hydrogens is 309 g/mol. The van der Waals surface area contributed by atoms with Crippen LogP contribution in [0.1, 0.15) is 18.9 Å². The smallest absolute Gasteiger partial charge is 0.422 e. The van der Waals surface area contributed by atoms with Gasteiger partial charge in [-0.1, -0.05) is 19.1 Å². The Morgan fingerprint density at radius 2 is 2.00 bits per heavy atom. The van der Waals surface area contributed by atoms with E-state index in [1.807, 2.05) is 0 Å². The predicted octanol–water partition coefficient (Wildman–Crippen LogP) is 3.33. The third-order valence-corrected chi connectivity index (χ3v) is 2.76. The molecule has 1 N–H and O–H groups in total. The zero-order valence-electron chi connectivity index (χ0n) is 11.8. The van der Waals surface area contributed by atoms with Gasteiger partial charge in [-0.25, -0.2) is 8.78 Å². The fraction of sp³-hybridized carbons (Fsp3) is 0.500. The van der Waals surface area contributed by atoms with Crippen LogP contribution in [0.25, 0.3) is 0 Å². The molecule has 0 saturated heterocycles.